The van der Waals surface area contributed by atoms with Crippen LogP contribution in [0.1, 0.15) is 43.6 Å². The standard InChI is InChI=1S/C18H20ClF3N2O2/c19-16-2-1-11(7-15(16)9-3-14(25)4-9)23-17(26)24-12-5-10(18(20,21)22)6-13(24)8-12/h1-2,7,9-10,12-14,25H,3-6,8H2,(H,23,26)/t9-,10?,12?,13?,14+. The van der Waals surface area contributed by atoms with Gasteiger partial charge in [-0.3, -0.25) is 0 Å². The van der Waals surface area contributed by atoms with Crippen molar-refractivity contribution in [2.45, 2.75) is 62.4 Å². The molecule has 1 aliphatic heterocycles. The van der Waals surface area contributed by atoms with Crippen LogP contribution in [0.4, 0.5) is 23.7 Å². The summed E-state index contributed by atoms with van der Waals surface area (Å²) in [6, 6.07) is 4.16. The number of aliphatic hydroxyl groups is 1. The van der Waals surface area contributed by atoms with E-state index in [1.807, 2.05) is 0 Å². The van der Waals surface area contributed by atoms with E-state index in [1.165, 1.54) is 0 Å². The smallest absolute Gasteiger partial charge is 0.391 e. The zero-order chi connectivity index (χ0) is 18.6. The van der Waals surface area contributed by atoms with Gasteiger partial charge in [-0.15, -0.1) is 0 Å². The van der Waals surface area contributed by atoms with E-state index in [2.05, 4.69) is 5.32 Å². The maximum absolute atomic E-state index is 12.9. The Hall–Kier alpha value is -1.47. The number of hydrogen-bond donors (Lipinski definition) is 2. The molecule has 2 atom stereocenters. The van der Waals surface area contributed by atoms with Crippen molar-refractivity contribution in [3.8, 4) is 0 Å². The Morgan fingerprint density at radius 2 is 1.81 bits per heavy atom. The summed E-state index contributed by atoms with van der Waals surface area (Å²) in [4.78, 5) is 14.1. The molecule has 3 fully saturated rings. The Kier molecular flexibility index (Phi) is 4.34. The SMILES string of the molecule is O=C(Nc1ccc(Cl)c([C@H]2C[C@@H](O)C2)c1)N1C2CC1CC(C(F)(F)F)C2. The lowest BCUT2D eigenvalue weighted by Crippen LogP contribution is -2.65. The maximum Gasteiger partial charge on any atom is 0.391 e. The van der Waals surface area contributed by atoms with Crippen LogP contribution in [-0.2, 0) is 0 Å². The second kappa shape index (κ2) is 6.30. The van der Waals surface area contributed by atoms with Gasteiger partial charge >= 0.3 is 12.2 Å². The van der Waals surface area contributed by atoms with Gasteiger partial charge in [0.2, 0.25) is 0 Å². The molecule has 4 nitrogen and oxygen atoms in total. The number of likely N-dealkylation sites (tertiary alicyclic amines) is 1. The average molecular weight is 389 g/mol. The summed E-state index contributed by atoms with van der Waals surface area (Å²) in [5, 5.41) is 12.9. The lowest BCUT2D eigenvalue weighted by molar-refractivity contribution is -0.205. The summed E-state index contributed by atoms with van der Waals surface area (Å²) in [6.45, 7) is 0. The summed E-state index contributed by atoms with van der Waals surface area (Å²) in [6.07, 6.45) is -2.59. The van der Waals surface area contributed by atoms with Gasteiger partial charge in [0, 0.05) is 22.8 Å². The van der Waals surface area contributed by atoms with E-state index in [9.17, 15) is 23.1 Å². The minimum Gasteiger partial charge on any atom is -0.393 e. The number of amides is 2. The summed E-state index contributed by atoms with van der Waals surface area (Å²) >= 11 is 6.21. The van der Waals surface area contributed by atoms with Gasteiger partial charge in [-0.05, 0) is 61.8 Å². The molecule has 1 aromatic rings. The molecule has 1 saturated heterocycles. The van der Waals surface area contributed by atoms with E-state index in [4.69, 9.17) is 11.6 Å². The highest BCUT2D eigenvalue weighted by molar-refractivity contribution is 6.31. The zero-order valence-electron chi connectivity index (χ0n) is 14.0. The highest BCUT2D eigenvalue weighted by atomic mass is 35.5. The van der Waals surface area contributed by atoms with Crippen LogP contribution in [0.25, 0.3) is 0 Å². The Morgan fingerprint density at radius 1 is 1.15 bits per heavy atom. The molecule has 1 heterocycles. The molecule has 2 bridgehead atoms. The van der Waals surface area contributed by atoms with Crippen molar-refractivity contribution in [2.24, 2.45) is 5.92 Å². The van der Waals surface area contributed by atoms with E-state index >= 15 is 0 Å². The number of piperidine rings is 1. The molecule has 2 aliphatic carbocycles. The first-order valence-corrected chi connectivity index (χ1v) is 9.23. The molecular weight excluding hydrogens is 369 g/mol. The molecule has 2 saturated carbocycles. The monoisotopic (exact) mass is 388 g/mol. The number of halogens is 4. The number of anilines is 1. The highest BCUT2D eigenvalue weighted by Crippen LogP contribution is 2.47. The normalized spacial score (nSPS) is 33.3. The number of benzene rings is 1. The topological polar surface area (TPSA) is 52.6 Å². The number of hydrogen-bond acceptors (Lipinski definition) is 2. The van der Waals surface area contributed by atoms with E-state index in [1.54, 1.807) is 23.1 Å². The van der Waals surface area contributed by atoms with Gasteiger partial charge in [0.05, 0.1) is 12.0 Å². The van der Waals surface area contributed by atoms with Crippen molar-refractivity contribution in [3.63, 3.8) is 0 Å². The number of carbonyl (C=O) groups excluding carboxylic acids is 1. The van der Waals surface area contributed by atoms with Crippen LogP contribution in [0.15, 0.2) is 18.2 Å². The van der Waals surface area contributed by atoms with Gasteiger partial charge in [0.15, 0.2) is 0 Å². The Balaban J connectivity index is 1.41. The second-order valence-electron chi connectivity index (χ2n) is 7.65. The quantitative estimate of drug-likeness (QED) is 0.782. The van der Waals surface area contributed by atoms with Gasteiger partial charge in [-0.1, -0.05) is 11.6 Å². The van der Waals surface area contributed by atoms with Crippen molar-refractivity contribution >= 4 is 23.3 Å². The third-order valence-corrected chi connectivity index (χ3v) is 6.29. The first kappa shape index (κ1) is 17.9. The number of nitrogens with one attached hydrogen (secondary N) is 1. The molecule has 1 aromatic carbocycles. The van der Waals surface area contributed by atoms with Crippen LogP contribution in [0, 0.1) is 5.92 Å². The van der Waals surface area contributed by atoms with Gasteiger partial charge in [0.1, 0.15) is 0 Å². The molecule has 2 unspecified atom stereocenters. The fourth-order valence-corrected chi connectivity index (χ4v) is 4.71. The Bertz CT molecular complexity index is 709. The summed E-state index contributed by atoms with van der Waals surface area (Å²) < 4.78 is 38.7. The summed E-state index contributed by atoms with van der Waals surface area (Å²) in [7, 11) is 0. The molecule has 3 aliphatic rings. The summed E-state index contributed by atoms with van der Waals surface area (Å²) in [5.74, 6) is -1.13. The molecule has 2 N–H and O–H groups in total. The summed E-state index contributed by atoms with van der Waals surface area (Å²) in [5.41, 5.74) is 1.46. The van der Waals surface area contributed by atoms with Crippen molar-refractivity contribution in [2.75, 3.05) is 5.32 Å². The van der Waals surface area contributed by atoms with Crippen molar-refractivity contribution in [3.05, 3.63) is 28.8 Å². The van der Waals surface area contributed by atoms with Crippen LogP contribution in [0.5, 0.6) is 0 Å². The second-order valence-corrected chi connectivity index (χ2v) is 8.06. The first-order chi connectivity index (χ1) is 12.2. The van der Waals surface area contributed by atoms with Gasteiger partial charge in [-0.25, -0.2) is 4.79 Å². The van der Waals surface area contributed by atoms with Crippen molar-refractivity contribution in [1.82, 2.24) is 4.90 Å². The molecule has 0 aromatic heterocycles. The van der Waals surface area contributed by atoms with Gasteiger partial charge in [0.25, 0.3) is 0 Å². The lowest BCUT2D eigenvalue weighted by atomic mass is 9.73. The Morgan fingerprint density at radius 3 is 2.38 bits per heavy atom. The minimum absolute atomic E-state index is 0.0146. The van der Waals surface area contributed by atoms with E-state index in [0.29, 0.717) is 30.0 Å². The van der Waals surface area contributed by atoms with Crippen molar-refractivity contribution < 1.29 is 23.1 Å². The number of urea groups is 1. The maximum atomic E-state index is 12.9. The minimum atomic E-state index is -4.18. The Labute approximate surface area is 154 Å². The number of carbonyl (C=O) groups is 1. The van der Waals surface area contributed by atoms with E-state index < -0.39 is 12.1 Å². The van der Waals surface area contributed by atoms with Crippen LogP contribution in [-0.4, -0.2) is 40.4 Å². The van der Waals surface area contributed by atoms with Crippen LogP contribution in [0.2, 0.25) is 5.02 Å². The number of fused-ring (bicyclic) bond motifs is 2. The fraction of sp³-hybridized carbons (Fsp3) is 0.611. The molecule has 142 valence electrons. The molecule has 26 heavy (non-hydrogen) atoms. The molecule has 0 radical (unpaired) electrons. The molecular formula is C18H20ClF3N2O2. The first-order valence-electron chi connectivity index (χ1n) is 8.86. The molecule has 2 amide bonds. The highest BCUT2D eigenvalue weighted by Gasteiger charge is 2.54. The third kappa shape index (κ3) is 3.16. The average Bonchev–Trinajstić information content (AvgIpc) is 2.53. The van der Waals surface area contributed by atoms with Crippen molar-refractivity contribution in [1.29, 1.82) is 0 Å². The van der Waals surface area contributed by atoms with Crippen LogP contribution < -0.4 is 5.32 Å². The van der Waals surface area contributed by atoms with E-state index in [-0.39, 0.29) is 43.0 Å². The van der Waals surface area contributed by atoms with Crippen LogP contribution in [0.3, 0.4) is 0 Å². The number of aliphatic hydroxyl groups excluding tert-OH is 1. The largest absolute Gasteiger partial charge is 0.393 e. The van der Waals surface area contributed by atoms with Gasteiger partial charge < -0.3 is 15.3 Å². The number of alkyl halides is 3. The van der Waals surface area contributed by atoms with Gasteiger partial charge in [-0.2, -0.15) is 13.2 Å². The molecule has 0 spiro atoms. The lowest BCUT2D eigenvalue weighted by Gasteiger charge is -2.55. The number of nitrogens with zero attached hydrogens (tertiary/aromatic N) is 1. The predicted molar refractivity (Wildman–Crippen MR) is 91.3 cm³/mol. The molecule has 4 rings (SSSR count). The number of rotatable bonds is 2. The third-order valence-electron chi connectivity index (χ3n) is 5.94. The van der Waals surface area contributed by atoms with E-state index in [0.717, 1.165) is 5.56 Å². The fourth-order valence-electron chi connectivity index (χ4n) is 4.44. The predicted octanol–water partition coefficient (Wildman–Crippen LogP) is 4.53. The zero-order valence-corrected chi connectivity index (χ0v) is 14.7. The van der Waals surface area contributed by atoms with Crippen LogP contribution >= 0.6 is 11.6 Å². The molecule has 8 heteroatoms.